The molecular formula is C33H37BFN4O5S-. The molecule has 0 radical (unpaired) electrons. The number of aromatic nitrogens is 2. The molecule has 1 aliphatic heterocycles. The Morgan fingerprint density at radius 3 is 2.33 bits per heavy atom. The van der Waals surface area contributed by atoms with Crippen molar-refractivity contribution in [3.63, 3.8) is 0 Å². The maximum Gasteiger partial charge on any atom is 0.495 e. The summed E-state index contributed by atoms with van der Waals surface area (Å²) in [7, 11) is -0.477. The van der Waals surface area contributed by atoms with Gasteiger partial charge in [-0.25, -0.2) is 8.91 Å². The van der Waals surface area contributed by atoms with Gasteiger partial charge < -0.3 is 23.9 Å². The van der Waals surface area contributed by atoms with Crippen molar-refractivity contribution in [2.24, 2.45) is 5.73 Å². The highest BCUT2D eigenvalue weighted by Crippen LogP contribution is 2.45. The molecule has 4 aromatic rings. The Kier molecular flexibility index (Phi) is 8.13. The van der Waals surface area contributed by atoms with Gasteiger partial charge in [0.05, 0.1) is 39.9 Å². The highest BCUT2D eigenvalue weighted by Gasteiger charge is 2.52. The van der Waals surface area contributed by atoms with Crippen molar-refractivity contribution >= 4 is 41.0 Å². The van der Waals surface area contributed by atoms with E-state index < -0.39 is 35.5 Å². The van der Waals surface area contributed by atoms with Crippen molar-refractivity contribution < 1.29 is 27.3 Å². The van der Waals surface area contributed by atoms with Crippen molar-refractivity contribution in [1.29, 1.82) is 0 Å². The normalized spacial score (nSPS) is 18.0. The van der Waals surface area contributed by atoms with Gasteiger partial charge in [-0.3, -0.25) is 9.00 Å². The van der Waals surface area contributed by atoms with Crippen LogP contribution in [0, 0.1) is 12.7 Å². The summed E-state index contributed by atoms with van der Waals surface area (Å²) in [6, 6.07) is 13.8. The van der Waals surface area contributed by atoms with Crippen LogP contribution in [0.2, 0.25) is 0 Å². The van der Waals surface area contributed by atoms with Crippen LogP contribution in [0.1, 0.15) is 84.8 Å². The molecule has 0 spiro atoms. The van der Waals surface area contributed by atoms with Crippen LogP contribution in [0.25, 0.3) is 5.52 Å². The third-order valence-electron chi connectivity index (χ3n) is 9.29. The Morgan fingerprint density at radius 2 is 1.76 bits per heavy atom. The average Bonchev–Trinajstić information content (AvgIpc) is 3.69. The first-order chi connectivity index (χ1) is 21.2. The number of benzene rings is 2. The molecule has 2 aromatic carbocycles. The molecule has 1 saturated heterocycles. The van der Waals surface area contributed by atoms with E-state index in [0.29, 0.717) is 23.3 Å². The molecule has 1 atom stereocenters. The maximum absolute atomic E-state index is 13.5. The van der Waals surface area contributed by atoms with Gasteiger partial charge >= 0.3 is 7.12 Å². The minimum Gasteiger partial charge on any atom is -0.755 e. The number of carbonyl (C=O) groups is 1. The predicted molar refractivity (Wildman–Crippen MR) is 172 cm³/mol. The lowest BCUT2D eigenvalue weighted by molar-refractivity contribution is 0.00578. The molecule has 1 unspecified atom stereocenters. The Morgan fingerprint density at radius 1 is 1.11 bits per heavy atom. The number of aryl methyl sites for hydroxylation is 1. The Labute approximate surface area is 265 Å². The lowest BCUT2D eigenvalue weighted by Crippen LogP contribution is -2.41. The van der Waals surface area contributed by atoms with Crippen LogP contribution in [-0.2, 0) is 33.4 Å². The summed E-state index contributed by atoms with van der Waals surface area (Å²) in [6.45, 7) is 10.3. The first-order valence-corrected chi connectivity index (χ1v) is 16.2. The van der Waals surface area contributed by atoms with Crippen LogP contribution in [0.5, 0.6) is 0 Å². The monoisotopic (exact) mass is 631 g/mol. The van der Waals surface area contributed by atoms with E-state index in [1.54, 1.807) is 18.3 Å². The minimum atomic E-state index is -2.57. The van der Waals surface area contributed by atoms with Gasteiger partial charge in [-0.2, -0.15) is 5.10 Å². The predicted octanol–water partition coefficient (Wildman–Crippen LogP) is 4.49. The minimum absolute atomic E-state index is 0.175. The molecule has 2 aromatic heterocycles. The summed E-state index contributed by atoms with van der Waals surface area (Å²) >= 11 is -2.57. The van der Waals surface area contributed by atoms with Crippen LogP contribution in [-0.4, -0.2) is 49.1 Å². The maximum atomic E-state index is 13.5. The molecule has 12 heteroatoms. The van der Waals surface area contributed by atoms with Crippen LogP contribution in [0.3, 0.4) is 0 Å². The van der Waals surface area contributed by atoms with Crippen molar-refractivity contribution in [2.75, 3.05) is 10.8 Å². The second kappa shape index (κ2) is 11.7. The number of hydrogen-bond donors (Lipinski definition) is 1. The molecular weight excluding hydrogens is 594 g/mol. The quantitative estimate of drug-likeness (QED) is 0.203. The third-order valence-corrected chi connectivity index (χ3v) is 10.0. The van der Waals surface area contributed by atoms with Crippen molar-refractivity contribution in [1.82, 2.24) is 9.61 Å². The highest BCUT2D eigenvalue weighted by molar-refractivity contribution is 7.80. The fourth-order valence-corrected chi connectivity index (χ4v) is 6.45. The van der Waals surface area contributed by atoms with Gasteiger partial charge in [0.25, 0.3) is 5.91 Å². The van der Waals surface area contributed by atoms with E-state index >= 15 is 0 Å². The number of pyridine rings is 1. The van der Waals surface area contributed by atoms with Crippen LogP contribution < -0.4 is 15.5 Å². The summed E-state index contributed by atoms with van der Waals surface area (Å²) in [5, 5.41) is 4.64. The second-order valence-electron chi connectivity index (χ2n) is 13.1. The lowest BCUT2D eigenvalue weighted by atomic mass is 9.75. The van der Waals surface area contributed by atoms with Crippen molar-refractivity contribution in [3.8, 4) is 0 Å². The van der Waals surface area contributed by atoms with Crippen LogP contribution >= 0.6 is 0 Å². The number of hydrogen-bond acceptors (Lipinski definition) is 6. The molecule has 6 rings (SSSR count). The lowest BCUT2D eigenvalue weighted by Gasteiger charge is -2.32. The summed E-state index contributed by atoms with van der Waals surface area (Å²) in [5.74, 6) is -0.807. The number of fused-ring (bicyclic) bond motifs is 1. The summed E-state index contributed by atoms with van der Waals surface area (Å²) in [5.41, 5.74) is 11.2. The van der Waals surface area contributed by atoms with Crippen LogP contribution in [0.15, 0.2) is 54.7 Å². The number of carbonyl (C=O) groups excluding carboxylic acids is 1. The number of rotatable bonds is 10. The van der Waals surface area contributed by atoms with E-state index in [2.05, 4.69) is 5.10 Å². The number of anilines is 1. The topological polar surface area (TPSA) is 122 Å². The Balaban J connectivity index is 1.29. The number of nitrogens with two attached hydrogens (primary N) is 1. The molecule has 2 N–H and O–H groups in total. The number of amides is 1. The van der Waals surface area contributed by atoms with E-state index in [4.69, 9.17) is 15.0 Å². The molecule has 1 aliphatic carbocycles. The summed E-state index contributed by atoms with van der Waals surface area (Å²) in [4.78, 5) is 12.6. The smallest absolute Gasteiger partial charge is 0.495 e. The van der Waals surface area contributed by atoms with E-state index in [9.17, 15) is 17.9 Å². The van der Waals surface area contributed by atoms with Gasteiger partial charge in [0.2, 0.25) is 0 Å². The largest absolute Gasteiger partial charge is 0.755 e. The molecule has 45 heavy (non-hydrogen) atoms. The molecule has 2 aliphatic rings. The first-order valence-electron chi connectivity index (χ1n) is 15.2. The first kappa shape index (κ1) is 31.4. The third kappa shape index (κ3) is 6.16. The summed E-state index contributed by atoms with van der Waals surface area (Å²) in [6.07, 6.45) is 4.26. The SMILES string of the molecule is Cc1cc(CCN(c2cn3nc(Cc4ccc(F)cc4)c(C(N)=O)c3cc2C2CC2)S(=O)[O-])ccc1B1OC(C)(C)C(C)(C)O1. The highest BCUT2D eigenvalue weighted by atomic mass is 32.2. The molecule has 3 heterocycles. The molecule has 1 saturated carbocycles. The second-order valence-corrected chi connectivity index (χ2v) is 13.9. The van der Waals surface area contributed by atoms with E-state index in [-0.39, 0.29) is 30.3 Å². The van der Waals surface area contributed by atoms with Gasteiger partial charge in [-0.15, -0.1) is 0 Å². The van der Waals surface area contributed by atoms with E-state index in [1.807, 2.05) is 58.9 Å². The Hall–Kier alpha value is -3.58. The number of halogens is 1. The molecule has 0 bridgehead atoms. The fourth-order valence-electron chi connectivity index (χ4n) is 5.90. The van der Waals surface area contributed by atoms with Crippen LogP contribution in [0.4, 0.5) is 10.1 Å². The summed E-state index contributed by atoms with van der Waals surface area (Å²) < 4.78 is 54.2. The van der Waals surface area contributed by atoms with E-state index in [0.717, 1.165) is 40.6 Å². The zero-order valence-corrected chi connectivity index (χ0v) is 26.9. The molecule has 2 fully saturated rings. The molecule has 9 nitrogen and oxygen atoms in total. The molecule has 1 amide bonds. The Bertz CT molecular complexity index is 1790. The van der Waals surface area contributed by atoms with E-state index in [1.165, 1.54) is 21.0 Å². The molecule has 236 valence electrons. The van der Waals surface area contributed by atoms with Crippen molar-refractivity contribution in [3.05, 3.63) is 94.1 Å². The standard InChI is InChI=1S/C33H38BFN4O5S/c1-20-16-22(8-13-26(20)34-43-32(2,3)33(4,5)44-34)14-15-39(45(41)42)29-19-38-28(18-25(29)23-9-10-23)30(31(36)40)27(37-38)17-21-6-11-24(35)12-7-21/h6-8,11-13,16,18-19,23H,9-10,14-15,17H2,1-5H3,(H2,36,40)(H,41,42)/p-1. The van der Waals surface area contributed by atoms with Crippen molar-refractivity contribution in [2.45, 2.75) is 77.4 Å². The number of nitrogens with zero attached hydrogens (tertiary/aromatic N) is 3. The van der Waals surface area contributed by atoms with Gasteiger partial charge in [0.1, 0.15) is 5.82 Å². The fraction of sp³-hybridized carbons (Fsp3) is 0.394. The number of primary amides is 1. The van der Waals surface area contributed by atoms with Gasteiger partial charge in [0.15, 0.2) is 0 Å². The van der Waals surface area contributed by atoms with Gasteiger partial charge in [-0.05, 0) is 100 Å². The zero-order valence-electron chi connectivity index (χ0n) is 26.1. The average molecular weight is 632 g/mol. The van der Waals surface area contributed by atoms with Gasteiger partial charge in [-0.1, -0.05) is 35.9 Å². The van der Waals surface area contributed by atoms with Gasteiger partial charge in [0, 0.05) is 24.2 Å². The zero-order chi connectivity index (χ0) is 32.3.